The molecular weight excluding hydrogens is 296 g/mol. The number of anilines is 1. The maximum Gasteiger partial charge on any atom is 0.227 e. The van der Waals surface area contributed by atoms with Crippen LogP contribution in [0.2, 0.25) is 0 Å². The van der Waals surface area contributed by atoms with Gasteiger partial charge in [0.25, 0.3) is 0 Å². The van der Waals surface area contributed by atoms with E-state index in [4.69, 9.17) is 10.00 Å². The van der Waals surface area contributed by atoms with Gasteiger partial charge in [-0.2, -0.15) is 5.26 Å². The van der Waals surface area contributed by atoms with Crippen LogP contribution < -0.4 is 10.1 Å². The fourth-order valence-electron chi connectivity index (χ4n) is 1.78. The normalized spacial score (nSPS) is 9.82. The molecule has 0 spiro atoms. The summed E-state index contributed by atoms with van der Waals surface area (Å²) in [6.45, 7) is 2.34. The maximum absolute atomic E-state index is 11.8. The van der Waals surface area contributed by atoms with Crippen LogP contribution in [-0.4, -0.2) is 12.5 Å². The lowest BCUT2D eigenvalue weighted by Gasteiger charge is -2.08. The molecule has 22 heavy (non-hydrogen) atoms. The van der Waals surface area contributed by atoms with Crippen molar-refractivity contribution in [3.05, 3.63) is 54.1 Å². The van der Waals surface area contributed by atoms with Gasteiger partial charge in [-0.1, -0.05) is 17.7 Å². The quantitative estimate of drug-likeness (QED) is 0.647. The van der Waals surface area contributed by atoms with E-state index in [9.17, 15) is 4.79 Å². The third kappa shape index (κ3) is 5.15. The second kappa shape index (κ2) is 8.11. The molecule has 0 heterocycles. The minimum Gasteiger partial charge on any atom is -0.493 e. The molecule has 0 aliphatic heterocycles. The average Bonchev–Trinajstić information content (AvgIpc) is 2.51. The van der Waals surface area contributed by atoms with Crippen molar-refractivity contribution in [3.8, 4) is 11.2 Å². The number of thiocyanates is 1. The number of aryl methyl sites for hydroxylation is 1. The molecule has 2 rings (SSSR count). The van der Waals surface area contributed by atoms with Crippen molar-refractivity contribution in [2.45, 2.75) is 18.2 Å². The van der Waals surface area contributed by atoms with Gasteiger partial charge in [-0.25, -0.2) is 0 Å². The molecule has 2 aromatic rings. The molecule has 0 radical (unpaired) electrons. The molecule has 0 aliphatic rings. The number of thioether (sulfide) groups is 1. The lowest BCUT2D eigenvalue weighted by atomic mass is 10.2. The Labute approximate surface area is 134 Å². The van der Waals surface area contributed by atoms with Crippen molar-refractivity contribution >= 4 is 23.4 Å². The highest BCUT2D eigenvalue weighted by Gasteiger charge is 2.03. The van der Waals surface area contributed by atoms with Crippen molar-refractivity contribution in [3.63, 3.8) is 0 Å². The SMILES string of the molecule is Cc1ccc(OCCC(=O)Nc2ccc(SC#N)cc2)cc1. The topological polar surface area (TPSA) is 62.1 Å². The summed E-state index contributed by atoms with van der Waals surface area (Å²) in [6.07, 6.45) is 0.280. The van der Waals surface area contributed by atoms with Crippen molar-refractivity contribution < 1.29 is 9.53 Å². The van der Waals surface area contributed by atoms with E-state index in [-0.39, 0.29) is 12.3 Å². The number of carbonyl (C=O) groups is 1. The lowest BCUT2D eigenvalue weighted by Crippen LogP contribution is -2.15. The maximum atomic E-state index is 11.8. The summed E-state index contributed by atoms with van der Waals surface area (Å²) >= 11 is 1.09. The summed E-state index contributed by atoms with van der Waals surface area (Å²) in [6, 6.07) is 14.9. The Kier molecular flexibility index (Phi) is 5.87. The van der Waals surface area contributed by atoms with Crippen molar-refractivity contribution in [1.29, 1.82) is 5.26 Å². The standard InChI is InChI=1S/C17H16N2O2S/c1-13-2-6-15(7-3-13)21-11-10-17(20)19-14-4-8-16(9-5-14)22-12-18/h2-9H,10-11H2,1H3,(H,19,20). The van der Waals surface area contributed by atoms with E-state index >= 15 is 0 Å². The average molecular weight is 312 g/mol. The third-order valence-electron chi connectivity index (χ3n) is 2.92. The number of ether oxygens (including phenoxy) is 1. The van der Waals surface area contributed by atoms with Gasteiger partial charge in [-0.3, -0.25) is 4.79 Å². The first-order valence-corrected chi connectivity index (χ1v) is 7.64. The van der Waals surface area contributed by atoms with Crippen molar-refractivity contribution in [1.82, 2.24) is 0 Å². The number of rotatable bonds is 6. The number of nitrogens with zero attached hydrogens (tertiary/aromatic N) is 1. The summed E-state index contributed by atoms with van der Waals surface area (Å²) in [5.74, 6) is 0.657. The molecule has 0 fully saturated rings. The van der Waals surface area contributed by atoms with E-state index < -0.39 is 0 Å². The summed E-state index contributed by atoms with van der Waals surface area (Å²) < 4.78 is 5.52. The third-order valence-corrected chi connectivity index (χ3v) is 3.52. The van der Waals surface area contributed by atoms with Gasteiger partial charge in [0.1, 0.15) is 11.2 Å². The Morgan fingerprint density at radius 2 is 1.86 bits per heavy atom. The van der Waals surface area contributed by atoms with Crippen LogP contribution in [0.1, 0.15) is 12.0 Å². The van der Waals surface area contributed by atoms with Crippen LogP contribution in [-0.2, 0) is 4.79 Å². The Hall–Kier alpha value is -2.45. The van der Waals surface area contributed by atoms with Crippen molar-refractivity contribution in [2.24, 2.45) is 0 Å². The zero-order valence-corrected chi connectivity index (χ0v) is 13.0. The number of benzene rings is 2. The Morgan fingerprint density at radius 1 is 1.18 bits per heavy atom. The molecule has 4 nitrogen and oxygen atoms in total. The Morgan fingerprint density at radius 3 is 2.50 bits per heavy atom. The van der Waals surface area contributed by atoms with E-state index in [1.54, 1.807) is 24.3 Å². The minimum atomic E-state index is -0.104. The van der Waals surface area contributed by atoms with Gasteiger partial charge in [-0.05, 0) is 55.1 Å². The molecule has 112 valence electrons. The monoisotopic (exact) mass is 312 g/mol. The van der Waals surface area contributed by atoms with Crippen LogP contribution in [0.4, 0.5) is 5.69 Å². The highest BCUT2D eigenvalue weighted by Crippen LogP contribution is 2.19. The van der Waals surface area contributed by atoms with E-state index in [0.717, 1.165) is 22.4 Å². The summed E-state index contributed by atoms with van der Waals surface area (Å²) in [5, 5.41) is 13.4. The van der Waals surface area contributed by atoms with Crippen LogP contribution in [0.15, 0.2) is 53.4 Å². The lowest BCUT2D eigenvalue weighted by molar-refractivity contribution is -0.116. The van der Waals surface area contributed by atoms with Crippen LogP contribution in [0.3, 0.4) is 0 Å². The fraction of sp³-hybridized carbons (Fsp3) is 0.176. The molecule has 0 saturated carbocycles. The smallest absolute Gasteiger partial charge is 0.227 e. The van der Waals surface area contributed by atoms with E-state index in [1.165, 1.54) is 5.56 Å². The van der Waals surface area contributed by atoms with Gasteiger partial charge in [0.15, 0.2) is 0 Å². The van der Waals surface area contributed by atoms with Gasteiger partial charge >= 0.3 is 0 Å². The molecular formula is C17H16N2O2S. The largest absolute Gasteiger partial charge is 0.493 e. The molecule has 0 atom stereocenters. The van der Waals surface area contributed by atoms with Gasteiger partial charge < -0.3 is 10.1 Å². The van der Waals surface area contributed by atoms with Gasteiger partial charge in [-0.15, -0.1) is 0 Å². The summed E-state index contributed by atoms with van der Waals surface area (Å²) in [5.41, 5.74) is 1.88. The first kappa shape index (κ1) is 15.9. The van der Waals surface area contributed by atoms with Gasteiger partial charge in [0, 0.05) is 10.6 Å². The number of carbonyl (C=O) groups excluding carboxylic acids is 1. The summed E-state index contributed by atoms with van der Waals surface area (Å²) in [4.78, 5) is 12.7. The molecule has 2 aromatic carbocycles. The number of hydrogen-bond acceptors (Lipinski definition) is 4. The number of nitriles is 1. The first-order valence-electron chi connectivity index (χ1n) is 6.83. The van der Waals surface area contributed by atoms with E-state index in [2.05, 4.69) is 5.32 Å². The Bertz CT molecular complexity index is 661. The second-order valence-corrected chi connectivity index (χ2v) is 5.54. The van der Waals surface area contributed by atoms with Crippen LogP contribution >= 0.6 is 11.8 Å². The molecule has 5 heteroatoms. The molecule has 1 amide bonds. The minimum absolute atomic E-state index is 0.104. The van der Waals surface area contributed by atoms with Crippen LogP contribution in [0, 0.1) is 17.6 Å². The zero-order valence-electron chi connectivity index (χ0n) is 12.2. The molecule has 0 saturated heterocycles. The Balaban J connectivity index is 1.75. The summed E-state index contributed by atoms with van der Waals surface area (Å²) in [7, 11) is 0. The zero-order chi connectivity index (χ0) is 15.8. The van der Waals surface area contributed by atoms with E-state index in [1.807, 2.05) is 36.6 Å². The molecule has 0 aliphatic carbocycles. The van der Waals surface area contributed by atoms with Crippen LogP contribution in [0.25, 0.3) is 0 Å². The highest BCUT2D eigenvalue weighted by molar-refractivity contribution is 8.03. The van der Waals surface area contributed by atoms with Gasteiger partial charge in [0.2, 0.25) is 5.91 Å². The molecule has 0 bridgehead atoms. The number of nitrogens with one attached hydrogen (secondary N) is 1. The number of hydrogen-bond donors (Lipinski definition) is 1. The molecule has 0 unspecified atom stereocenters. The predicted molar refractivity (Wildman–Crippen MR) is 87.8 cm³/mol. The van der Waals surface area contributed by atoms with E-state index in [0.29, 0.717) is 12.3 Å². The predicted octanol–water partition coefficient (Wildman–Crippen LogP) is 3.98. The highest BCUT2D eigenvalue weighted by atomic mass is 32.2. The van der Waals surface area contributed by atoms with Crippen molar-refractivity contribution in [2.75, 3.05) is 11.9 Å². The van der Waals surface area contributed by atoms with Gasteiger partial charge in [0.05, 0.1) is 13.0 Å². The molecule has 0 aromatic heterocycles. The first-order chi connectivity index (χ1) is 10.7. The second-order valence-electron chi connectivity index (χ2n) is 4.68. The fourth-order valence-corrected chi connectivity index (χ4v) is 2.16. The molecule has 1 N–H and O–H groups in total. The number of amides is 1. The van der Waals surface area contributed by atoms with Crippen LogP contribution in [0.5, 0.6) is 5.75 Å².